The van der Waals surface area contributed by atoms with Crippen molar-refractivity contribution >= 4 is 6.47 Å². The Balaban J connectivity index is 0.000000806. The molecule has 2 aromatic rings. The molecule has 30 heavy (non-hydrogen) atoms. The van der Waals surface area contributed by atoms with Crippen LogP contribution in [0.25, 0.3) is 0 Å². The highest BCUT2D eigenvalue weighted by atomic mass is 16.5. The number of hydrogen-bond donors (Lipinski definition) is 2. The number of ether oxygens (including phenoxy) is 2. The van der Waals surface area contributed by atoms with Crippen LogP contribution in [0.15, 0.2) is 42.5 Å². The highest BCUT2D eigenvalue weighted by molar-refractivity contribution is 5.43. The summed E-state index contributed by atoms with van der Waals surface area (Å²) in [5.41, 5.74) is 3.64. The first-order valence-corrected chi connectivity index (χ1v) is 10.4. The summed E-state index contributed by atoms with van der Waals surface area (Å²) in [6.45, 7) is 5.49. The zero-order valence-electron chi connectivity index (χ0n) is 17.7. The fraction of sp³-hybridized carbons (Fsp3) is 0.458. The standard InChI is InChI=1S/C23H29NO3.CH2O2/c1-16-4-3-5-18(8-16)15-27-22-7-6-17(9-23(22)26-2)12-24-13-19-10-21(25)11-20(19)14-24;2-1-3/h3-9,19-21,25H,10-15H2,1-2H3;1H,(H,2,3)/t19-,20+,21?;. The molecule has 1 heterocycles. The maximum Gasteiger partial charge on any atom is 0.290 e. The van der Waals surface area contributed by atoms with Gasteiger partial charge in [-0.1, -0.05) is 35.9 Å². The molecule has 1 aliphatic carbocycles. The zero-order valence-corrected chi connectivity index (χ0v) is 17.7. The molecule has 6 nitrogen and oxygen atoms in total. The summed E-state index contributed by atoms with van der Waals surface area (Å²) in [4.78, 5) is 10.9. The van der Waals surface area contributed by atoms with Gasteiger partial charge in [-0.05, 0) is 54.9 Å². The summed E-state index contributed by atoms with van der Waals surface area (Å²) in [6.07, 6.45) is 1.86. The monoisotopic (exact) mass is 413 g/mol. The van der Waals surface area contributed by atoms with E-state index in [1.54, 1.807) is 7.11 Å². The Hall–Kier alpha value is -2.57. The molecule has 4 rings (SSSR count). The summed E-state index contributed by atoms with van der Waals surface area (Å²) in [5.74, 6) is 2.90. The first-order chi connectivity index (χ1) is 14.5. The van der Waals surface area contributed by atoms with E-state index in [4.69, 9.17) is 19.4 Å². The third kappa shape index (κ3) is 5.74. The summed E-state index contributed by atoms with van der Waals surface area (Å²) in [7, 11) is 1.69. The van der Waals surface area contributed by atoms with Crippen LogP contribution in [0.3, 0.4) is 0 Å². The Labute approximate surface area is 178 Å². The predicted octanol–water partition coefficient (Wildman–Crippen LogP) is 3.49. The van der Waals surface area contributed by atoms with Crippen LogP contribution in [-0.4, -0.2) is 47.9 Å². The van der Waals surface area contributed by atoms with Crippen LogP contribution in [0.5, 0.6) is 11.5 Å². The lowest BCUT2D eigenvalue weighted by Gasteiger charge is -2.19. The minimum absolute atomic E-state index is 0.0768. The van der Waals surface area contributed by atoms with Crippen molar-refractivity contribution in [1.29, 1.82) is 0 Å². The van der Waals surface area contributed by atoms with Gasteiger partial charge in [0.2, 0.25) is 0 Å². The van der Waals surface area contributed by atoms with E-state index in [1.807, 2.05) is 6.07 Å². The minimum Gasteiger partial charge on any atom is -0.493 e. The minimum atomic E-state index is -0.250. The van der Waals surface area contributed by atoms with Crippen molar-refractivity contribution < 1.29 is 24.5 Å². The van der Waals surface area contributed by atoms with Crippen LogP contribution in [0, 0.1) is 18.8 Å². The zero-order chi connectivity index (χ0) is 21.5. The van der Waals surface area contributed by atoms with Crippen molar-refractivity contribution in [2.75, 3.05) is 20.2 Å². The third-order valence-electron chi connectivity index (χ3n) is 5.91. The topological polar surface area (TPSA) is 79.2 Å². The molecule has 6 heteroatoms. The maximum atomic E-state index is 9.81. The van der Waals surface area contributed by atoms with E-state index >= 15 is 0 Å². The van der Waals surface area contributed by atoms with Crippen molar-refractivity contribution in [2.24, 2.45) is 11.8 Å². The number of nitrogens with zero attached hydrogens (tertiary/aromatic N) is 1. The van der Waals surface area contributed by atoms with Gasteiger partial charge in [0.15, 0.2) is 11.5 Å². The summed E-state index contributed by atoms with van der Waals surface area (Å²) >= 11 is 0. The largest absolute Gasteiger partial charge is 0.493 e. The van der Waals surface area contributed by atoms with Gasteiger partial charge in [0, 0.05) is 19.6 Å². The molecule has 2 aliphatic rings. The number of rotatable bonds is 6. The normalized spacial score (nSPS) is 22.7. The average Bonchev–Trinajstić information content (AvgIpc) is 3.24. The molecule has 1 unspecified atom stereocenters. The average molecular weight is 414 g/mol. The molecule has 3 atom stereocenters. The van der Waals surface area contributed by atoms with Gasteiger partial charge in [-0.25, -0.2) is 0 Å². The molecule has 0 amide bonds. The molecule has 2 aromatic carbocycles. The van der Waals surface area contributed by atoms with E-state index < -0.39 is 0 Å². The predicted molar refractivity (Wildman–Crippen MR) is 115 cm³/mol. The molecule has 1 saturated heterocycles. The quantitative estimate of drug-likeness (QED) is 0.706. The Morgan fingerprint density at radius 2 is 1.77 bits per heavy atom. The summed E-state index contributed by atoms with van der Waals surface area (Å²) in [6, 6.07) is 14.6. The number of benzene rings is 2. The number of aliphatic hydroxyl groups is 1. The van der Waals surface area contributed by atoms with Gasteiger partial charge in [-0.15, -0.1) is 0 Å². The second kappa shape index (κ2) is 10.5. The molecule has 0 radical (unpaired) electrons. The Morgan fingerprint density at radius 3 is 2.40 bits per heavy atom. The van der Waals surface area contributed by atoms with Gasteiger partial charge in [-0.3, -0.25) is 9.69 Å². The van der Waals surface area contributed by atoms with Crippen LogP contribution in [0.4, 0.5) is 0 Å². The first-order valence-electron chi connectivity index (χ1n) is 10.4. The lowest BCUT2D eigenvalue weighted by molar-refractivity contribution is -0.122. The molecular formula is C24H31NO5. The Morgan fingerprint density at radius 1 is 1.07 bits per heavy atom. The van der Waals surface area contributed by atoms with Gasteiger partial charge in [0.05, 0.1) is 13.2 Å². The smallest absolute Gasteiger partial charge is 0.290 e. The van der Waals surface area contributed by atoms with Crippen LogP contribution >= 0.6 is 0 Å². The molecule has 0 spiro atoms. The third-order valence-corrected chi connectivity index (χ3v) is 5.91. The first kappa shape index (κ1) is 22.1. The lowest BCUT2D eigenvalue weighted by atomic mass is 10.0. The molecule has 0 aromatic heterocycles. The number of fused-ring (bicyclic) bond motifs is 1. The molecule has 1 saturated carbocycles. The second-order valence-corrected chi connectivity index (χ2v) is 8.21. The molecule has 2 N–H and O–H groups in total. The van der Waals surface area contributed by atoms with E-state index in [-0.39, 0.29) is 12.6 Å². The lowest BCUT2D eigenvalue weighted by Crippen LogP contribution is -2.22. The number of carbonyl (C=O) groups is 1. The highest BCUT2D eigenvalue weighted by Gasteiger charge is 2.39. The van der Waals surface area contributed by atoms with Gasteiger partial charge < -0.3 is 19.7 Å². The number of aryl methyl sites for hydroxylation is 1. The van der Waals surface area contributed by atoms with E-state index in [0.29, 0.717) is 18.4 Å². The van der Waals surface area contributed by atoms with Crippen LogP contribution in [0.1, 0.15) is 29.5 Å². The van der Waals surface area contributed by atoms with Crippen molar-refractivity contribution in [1.82, 2.24) is 4.90 Å². The van der Waals surface area contributed by atoms with Crippen LogP contribution < -0.4 is 9.47 Å². The SMILES string of the molecule is COc1cc(CN2C[C@H]3CC(O)C[C@H]3C2)ccc1OCc1cccc(C)c1.O=CO. The second-order valence-electron chi connectivity index (χ2n) is 8.21. The van der Waals surface area contributed by atoms with E-state index in [1.165, 1.54) is 11.1 Å². The fourth-order valence-electron chi connectivity index (χ4n) is 4.65. The van der Waals surface area contributed by atoms with Crippen molar-refractivity contribution in [2.45, 2.75) is 39.0 Å². The van der Waals surface area contributed by atoms with Crippen molar-refractivity contribution in [3.8, 4) is 11.5 Å². The number of hydrogen-bond acceptors (Lipinski definition) is 5. The van der Waals surface area contributed by atoms with Gasteiger partial charge in [0.1, 0.15) is 6.61 Å². The summed E-state index contributed by atoms with van der Waals surface area (Å²) < 4.78 is 11.6. The molecule has 0 bridgehead atoms. The number of aliphatic hydroxyl groups excluding tert-OH is 1. The highest BCUT2D eigenvalue weighted by Crippen LogP contribution is 2.39. The molecular weight excluding hydrogens is 382 g/mol. The Bertz CT molecular complexity index is 826. The number of methoxy groups -OCH3 is 1. The van der Waals surface area contributed by atoms with Gasteiger partial charge in [0.25, 0.3) is 6.47 Å². The van der Waals surface area contributed by atoms with E-state index in [2.05, 4.69) is 48.2 Å². The molecule has 162 valence electrons. The van der Waals surface area contributed by atoms with Gasteiger partial charge >= 0.3 is 0 Å². The fourth-order valence-corrected chi connectivity index (χ4v) is 4.65. The van der Waals surface area contributed by atoms with E-state index in [0.717, 1.165) is 49.5 Å². The van der Waals surface area contributed by atoms with Crippen molar-refractivity contribution in [3.63, 3.8) is 0 Å². The Kier molecular flexibility index (Phi) is 7.71. The van der Waals surface area contributed by atoms with Gasteiger partial charge in [-0.2, -0.15) is 0 Å². The number of carboxylic acid groups (broad SMARTS) is 1. The van der Waals surface area contributed by atoms with E-state index in [9.17, 15) is 5.11 Å². The number of likely N-dealkylation sites (tertiary alicyclic amines) is 1. The van der Waals surface area contributed by atoms with Crippen molar-refractivity contribution in [3.05, 3.63) is 59.2 Å². The summed E-state index contributed by atoms with van der Waals surface area (Å²) in [5, 5.41) is 16.7. The molecule has 1 aliphatic heterocycles. The maximum absolute atomic E-state index is 9.81. The van der Waals surface area contributed by atoms with Crippen LogP contribution in [-0.2, 0) is 17.9 Å². The molecule has 2 fully saturated rings. The van der Waals surface area contributed by atoms with Crippen LogP contribution in [0.2, 0.25) is 0 Å².